The van der Waals surface area contributed by atoms with E-state index in [9.17, 15) is 16.8 Å². The molecule has 0 saturated carbocycles. The molecule has 0 saturated heterocycles. The summed E-state index contributed by atoms with van der Waals surface area (Å²) < 4.78 is 52.1. The van der Waals surface area contributed by atoms with Crippen LogP contribution in [0.15, 0.2) is 114 Å². The third kappa shape index (κ3) is 6.66. The Morgan fingerprint density at radius 3 is 1.69 bits per heavy atom. The predicted molar refractivity (Wildman–Crippen MR) is 140 cm³/mol. The van der Waals surface area contributed by atoms with Crippen LogP contribution in [0.1, 0.15) is 16.7 Å². The zero-order valence-corrected chi connectivity index (χ0v) is 21.0. The Kier molecular flexibility index (Phi) is 7.50. The second-order valence-electron chi connectivity index (χ2n) is 8.49. The molecule has 7 heteroatoms. The van der Waals surface area contributed by atoms with Gasteiger partial charge in [0.1, 0.15) is 0 Å². The molecule has 0 amide bonds. The molecule has 35 heavy (non-hydrogen) atoms. The minimum Gasteiger partial charge on any atom is -0.224 e. The lowest BCUT2D eigenvalue weighted by Crippen LogP contribution is -2.31. The number of hydrogen-bond acceptors (Lipinski definition) is 4. The van der Waals surface area contributed by atoms with Gasteiger partial charge in [0, 0.05) is 19.3 Å². The van der Waals surface area contributed by atoms with Crippen molar-refractivity contribution in [3.8, 4) is 11.1 Å². The summed E-state index contributed by atoms with van der Waals surface area (Å²) in [6.07, 6.45) is 1.19. The van der Waals surface area contributed by atoms with Gasteiger partial charge in [-0.1, -0.05) is 97.1 Å². The van der Waals surface area contributed by atoms with Crippen LogP contribution in [-0.2, 0) is 38.7 Å². The zero-order valence-electron chi connectivity index (χ0n) is 19.4. The minimum atomic E-state index is -3.59. The monoisotopic (exact) mass is 505 g/mol. The van der Waals surface area contributed by atoms with Crippen molar-refractivity contribution in [2.75, 3.05) is 6.26 Å². The highest BCUT2D eigenvalue weighted by Gasteiger charge is 2.23. The lowest BCUT2D eigenvalue weighted by Gasteiger charge is -2.23. The van der Waals surface area contributed by atoms with Crippen molar-refractivity contribution in [3.63, 3.8) is 0 Å². The smallest absolute Gasteiger partial charge is 0.218 e. The van der Waals surface area contributed by atoms with Gasteiger partial charge in [-0.05, 0) is 39.9 Å². The maximum atomic E-state index is 13.4. The van der Waals surface area contributed by atoms with E-state index in [1.54, 1.807) is 18.2 Å². The Labute approximate surface area is 207 Å². The lowest BCUT2D eigenvalue weighted by atomic mass is 10.0. The van der Waals surface area contributed by atoms with Gasteiger partial charge >= 0.3 is 0 Å². The SMILES string of the molecule is CS(=O)(=O)c1cccc(-c2ccc(CN(Cc3ccccc3)S(=O)(=O)Cc3ccccc3)cc2)c1. The number of benzene rings is 4. The van der Waals surface area contributed by atoms with Gasteiger partial charge in [0.05, 0.1) is 10.6 Å². The number of rotatable bonds is 9. The molecule has 4 aromatic rings. The highest BCUT2D eigenvalue weighted by molar-refractivity contribution is 7.90. The van der Waals surface area contributed by atoms with E-state index in [4.69, 9.17) is 0 Å². The van der Waals surface area contributed by atoms with Gasteiger partial charge in [-0.25, -0.2) is 16.8 Å². The zero-order chi connectivity index (χ0) is 24.9. The van der Waals surface area contributed by atoms with Crippen molar-refractivity contribution in [2.45, 2.75) is 23.7 Å². The second-order valence-corrected chi connectivity index (χ2v) is 12.5. The first-order valence-electron chi connectivity index (χ1n) is 11.2. The first-order chi connectivity index (χ1) is 16.7. The van der Waals surface area contributed by atoms with E-state index in [1.807, 2.05) is 91.0 Å². The summed E-state index contributed by atoms with van der Waals surface area (Å²) in [4.78, 5) is 0.264. The van der Waals surface area contributed by atoms with Gasteiger partial charge in [0.2, 0.25) is 10.0 Å². The average Bonchev–Trinajstić information content (AvgIpc) is 2.85. The third-order valence-corrected chi connectivity index (χ3v) is 8.55. The minimum absolute atomic E-state index is 0.0724. The molecule has 5 nitrogen and oxygen atoms in total. The van der Waals surface area contributed by atoms with Crippen LogP contribution in [0.4, 0.5) is 0 Å². The van der Waals surface area contributed by atoms with E-state index in [0.717, 1.165) is 27.8 Å². The van der Waals surface area contributed by atoms with Crippen LogP contribution in [-0.4, -0.2) is 27.4 Å². The van der Waals surface area contributed by atoms with Crippen molar-refractivity contribution < 1.29 is 16.8 Å². The molecule has 4 aromatic carbocycles. The number of hydrogen-bond donors (Lipinski definition) is 0. The van der Waals surface area contributed by atoms with Crippen LogP contribution < -0.4 is 0 Å². The van der Waals surface area contributed by atoms with Crippen LogP contribution in [0.5, 0.6) is 0 Å². The molecule has 0 unspecified atom stereocenters. The van der Waals surface area contributed by atoms with Gasteiger partial charge in [-0.3, -0.25) is 0 Å². The maximum absolute atomic E-state index is 13.4. The van der Waals surface area contributed by atoms with Gasteiger partial charge in [-0.2, -0.15) is 4.31 Å². The summed E-state index contributed by atoms with van der Waals surface area (Å²) in [6.45, 7) is 0.502. The van der Waals surface area contributed by atoms with Gasteiger partial charge in [0.25, 0.3) is 0 Å². The van der Waals surface area contributed by atoms with Crippen LogP contribution >= 0.6 is 0 Å². The highest BCUT2D eigenvalue weighted by atomic mass is 32.2. The highest BCUT2D eigenvalue weighted by Crippen LogP contribution is 2.24. The first-order valence-corrected chi connectivity index (χ1v) is 14.7. The molecule has 0 bridgehead atoms. The van der Waals surface area contributed by atoms with Crippen LogP contribution in [0.2, 0.25) is 0 Å². The van der Waals surface area contributed by atoms with Gasteiger partial charge in [0.15, 0.2) is 9.84 Å². The van der Waals surface area contributed by atoms with Crippen molar-refractivity contribution >= 4 is 19.9 Å². The molecule has 0 atom stereocenters. The lowest BCUT2D eigenvalue weighted by molar-refractivity contribution is 0.400. The van der Waals surface area contributed by atoms with Gasteiger partial charge in [-0.15, -0.1) is 0 Å². The molecule has 0 fully saturated rings. The summed E-state index contributed by atoms with van der Waals surface area (Å²) in [6, 6.07) is 33.1. The quantitative estimate of drug-likeness (QED) is 0.310. The number of sulfonamides is 1. The fraction of sp³-hybridized carbons (Fsp3) is 0.143. The van der Waals surface area contributed by atoms with E-state index < -0.39 is 19.9 Å². The van der Waals surface area contributed by atoms with Crippen molar-refractivity contribution in [3.05, 3.63) is 126 Å². The molecule has 0 N–H and O–H groups in total. The van der Waals surface area contributed by atoms with E-state index >= 15 is 0 Å². The molecule has 0 aromatic heterocycles. The molecule has 0 aliphatic heterocycles. The molecule has 0 heterocycles. The number of nitrogens with zero attached hydrogens (tertiary/aromatic N) is 1. The van der Waals surface area contributed by atoms with Gasteiger partial charge < -0.3 is 0 Å². The molecule has 4 rings (SSSR count). The van der Waals surface area contributed by atoms with Crippen molar-refractivity contribution in [2.24, 2.45) is 0 Å². The summed E-state index contributed by atoms with van der Waals surface area (Å²) in [7, 11) is -6.89. The van der Waals surface area contributed by atoms with Crippen LogP contribution in [0.3, 0.4) is 0 Å². The average molecular weight is 506 g/mol. The topological polar surface area (TPSA) is 71.5 Å². The largest absolute Gasteiger partial charge is 0.224 e. The fourth-order valence-corrected chi connectivity index (χ4v) is 5.98. The van der Waals surface area contributed by atoms with Crippen molar-refractivity contribution in [1.82, 2.24) is 4.31 Å². The third-order valence-electron chi connectivity index (χ3n) is 5.70. The summed E-state index contributed by atoms with van der Waals surface area (Å²) in [5.74, 6) is -0.0724. The summed E-state index contributed by atoms with van der Waals surface area (Å²) in [5.41, 5.74) is 4.16. The second kappa shape index (κ2) is 10.6. The fourth-order valence-electron chi connectivity index (χ4n) is 3.83. The van der Waals surface area contributed by atoms with E-state index in [1.165, 1.54) is 10.6 Å². The molecule has 180 valence electrons. The first kappa shape index (κ1) is 24.9. The van der Waals surface area contributed by atoms with E-state index in [-0.39, 0.29) is 23.7 Å². The Balaban J connectivity index is 1.59. The molecular weight excluding hydrogens is 478 g/mol. The van der Waals surface area contributed by atoms with Crippen LogP contribution in [0, 0.1) is 0 Å². The predicted octanol–water partition coefficient (Wildman–Crippen LogP) is 5.29. The molecule has 0 spiro atoms. The Morgan fingerprint density at radius 1 is 0.571 bits per heavy atom. The molecule has 0 aliphatic carbocycles. The van der Waals surface area contributed by atoms with E-state index in [0.29, 0.717) is 0 Å². The summed E-state index contributed by atoms with van der Waals surface area (Å²) in [5, 5.41) is 0. The molecule has 0 radical (unpaired) electrons. The Morgan fingerprint density at radius 2 is 1.11 bits per heavy atom. The summed E-state index contributed by atoms with van der Waals surface area (Å²) >= 11 is 0. The molecule has 0 aliphatic rings. The molecular formula is C28H27NO4S2. The Bertz CT molecular complexity index is 1480. The maximum Gasteiger partial charge on any atom is 0.218 e. The number of sulfone groups is 1. The van der Waals surface area contributed by atoms with E-state index in [2.05, 4.69) is 0 Å². The van der Waals surface area contributed by atoms with Crippen molar-refractivity contribution in [1.29, 1.82) is 0 Å². The van der Waals surface area contributed by atoms with Crippen LogP contribution in [0.25, 0.3) is 11.1 Å². The normalized spacial score (nSPS) is 12.1. The standard InChI is InChI=1S/C28H27NO4S2/c1-34(30,31)28-14-8-13-27(19-28)26-17-15-24(16-18-26)21-29(20-23-9-4-2-5-10-23)35(32,33)22-25-11-6-3-7-12-25/h2-19H,20-22H2,1H3. The Hall–Kier alpha value is -3.26.